The number of benzene rings is 1. The fourth-order valence-electron chi connectivity index (χ4n) is 2.81. The maximum atomic E-state index is 6.36. The second-order valence-corrected chi connectivity index (χ2v) is 6.64. The van der Waals surface area contributed by atoms with Crippen LogP contribution in [0.15, 0.2) is 24.4 Å². The molecule has 0 saturated heterocycles. The van der Waals surface area contributed by atoms with E-state index in [2.05, 4.69) is 36.0 Å². The molecule has 5 heteroatoms. The predicted molar refractivity (Wildman–Crippen MR) is 102 cm³/mol. The van der Waals surface area contributed by atoms with E-state index in [0.29, 0.717) is 16.1 Å². The van der Waals surface area contributed by atoms with Crippen LogP contribution in [0.5, 0.6) is 0 Å². The average Bonchev–Trinajstić information content (AvgIpc) is 2.55. The van der Waals surface area contributed by atoms with E-state index < -0.39 is 0 Å². The number of fused-ring (bicyclic) bond motifs is 1. The van der Waals surface area contributed by atoms with Crippen LogP contribution in [0.4, 0.5) is 5.69 Å². The van der Waals surface area contributed by atoms with Crippen LogP contribution >= 0.6 is 23.2 Å². The number of hydrogen-bond donors (Lipinski definition) is 1. The lowest BCUT2D eigenvalue weighted by Crippen LogP contribution is -2.25. The van der Waals surface area contributed by atoms with Crippen LogP contribution in [0.2, 0.25) is 10.0 Å². The minimum absolute atomic E-state index is 0.367. The molecule has 0 spiro atoms. The molecule has 3 nitrogen and oxygen atoms in total. The highest BCUT2D eigenvalue weighted by molar-refractivity contribution is 6.40. The van der Waals surface area contributed by atoms with E-state index in [0.717, 1.165) is 42.6 Å². The van der Waals surface area contributed by atoms with Crippen LogP contribution in [-0.2, 0) is 0 Å². The van der Waals surface area contributed by atoms with Gasteiger partial charge in [0.1, 0.15) is 0 Å². The zero-order valence-corrected chi connectivity index (χ0v) is 15.6. The molecule has 1 unspecified atom stereocenters. The molecule has 1 aromatic heterocycles. The van der Waals surface area contributed by atoms with Crippen molar-refractivity contribution in [2.45, 2.75) is 39.7 Å². The second-order valence-electron chi connectivity index (χ2n) is 5.83. The van der Waals surface area contributed by atoms with Gasteiger partial charge in [-0.05, 0) is 57.6 Å². The standard InChI is InChI=1S/C18H25Cl2N3/c1-4-23(5-2)12-6-7-13(3)22-16-10-11-21-18-15(20)9-8-14(19)17(16)18/h8-11,13H,4-7,12H2,1-3H3,(H,21,22). The minimum atomic E-state index is 0.367. The van der Waals surface area contributed by atoms with Crippen LogP contribution in [-0.4, -0.2) is 35.6 Å². The lowest BCUT2D eigenvalue weighted by Gasteiger charge is -2.21. The molecule has 126 valence electrons. The quantitative estimate of drug-likeness (QED) is 0.682. The first-order valence-electron chi connectivity index (χ1n) is 8.28. The summed E-state index contributed by atoms with van der Waals surface area (Å²) < 4.78 is 0. The highest BCUT2D eigenvalue weighted by atomic mass is 35.5. The Morgan fingerprint density at radius 3 is 2.52 bits per heavy atom. The van der Waals surface area contributed by atoms with Gasteiger partial charge in [-0.2, -0.15) is 0 Å². The van der Waals surface area contributed by atoms with Gasteiger partial charge in [-0.15, -0.1) is 0 Å². The molecule has 2 aromatic rings. The molecule has 0 amide bonds. The molecular formula is C18H25Cl2N3. The summed E-state index contributed by atoms with van der Waals surface area (Å²) in [4.78, 5) is 6.80. The number of aromatic nitrogens is 1. The van der Waals surface area contributed by atoms with Crippen LogP contribution in [0.25, 0.3) is 10.9 Å². The molecule has 1 atom stereocenters. The maximum absolute atomic E-state index is 6.36. The van der Waals surface area contributed by atoms with E-state index in [9.17, 15) is 0 Å². The smallest absolute Gasteiger partial charge is 0.0923 e. The molecular weight excluding hydrogens is 329 g/mol. The van der Waals surface area contributed by atoms with Gasteiger partial charge in [0, 0.05) is 23.3 Å². The van der Waals surface area contributed by atoms with E-state index in [1.54, 1.807) is 12.3 Å². The Morgan fingerprint density at radius 2 is 1.83 bits per heavy atom. The Kier molecular flexibility index (Phi) is 6.94. The molecule has 2 rings (SSSR count). The van der Waals surface area contributed by atoms with Crippen molar-refractivity contribution in [3.63, 3.8) is 0 Å². The number of anilines is 1. The molecule has 0 radical (unpaired) electrons. The Hall–Kier alpha value is -1.03. The summed E-state index contributed by atoms with van der Waals surface area (Å²) in [6.07, 6.45) is 4.06. The van der Waals surface area contributed by atoms with Gasteiger partial charge < -0.3 is 10.2 Å². The van der Waals surface area contributed by atoms with Crippen LogP contribution < -0.4 is 5.32 Å². The fourth-order valence-corrected chi connectivity index (χ4v) is 3.27. The van der Waals surface area contributed by atoms with Crippen molar-refractivity contribution in [2.75, 3.05) is 25.0 Å². The molecule has 1 aromatic carbocycles. The first kappa shape index (κ1) is 18.3. The highest BCUT2D eigenvalue weighted by Crippen LogP contribution is 2.33. The molecule has 1 heterocycles. The van der Waals surface area contributed by atoms with Crippen molar-refractivity contribution in [3.05, 3.63) is 34.4 Å². The van der Waals surface area contributed by atoms with Gasteiger partial charge >= 0.3 is 0 Å². The number of nitrogens with zero attached hydrogens (tertiary/aromatic N) is 2. The maximum Gasteiger partial charge on any atom is 0.0923 e. The molecule has 0 aliphatic rings. The zero-order valence-electron chi connectivity index (χ0n) is 14.1. The molecule has 0 bridgehead atoms. The number of pyridine rings is 1. The Morgan fingerprint density at radius 1 is 1.13 bits per heavy atom. The van der Waals surface area contributed by atoms with E-state index >= 15 is 0 Å². The lowest BCUT2D eigenvalue weighted by atomic mass is 10.1. The van der Waals surface area contributed by atoms with Crippen molar-refractivity contribution >= 4 is 39.8 Å². The predicted octanol–water partition coefficient (Wildman–Crippen LogP) is 5.46. The molecule has 0 aliphatic carbocycles. The summed E-state index contributed by atoms with van der Waals surface area (Å²) in [7, 11) is 0. The summed E-state index contributed by atoms with van der Waals surface area (Å²) >= 11 is 12.6. The lowest BCUT2D eigenvalue weighted by molar-refractivity contribution is 0.295. The molecule has 0 aliphatic heterocycles. The number of rotatable bonds is 8. The summed E-state index contributed by atoms with van der Waals surface area (Å²) in [5.74, 6) is 0. The third-order valence-corrected chi connectivity index (χ3v) is 4.82. The highest BCUT2D eigenvalue weighted by Gasteiger charge is 2.11. The van der Waals surface area contributed by atoms with Gasteiger partial charge in [-0.25, -0.2) is 0 Å². The summed E-state index contributed by atoms with van der Waals surface area (Å²) in [6, 6.07) is 5.94. The second kappa shape index (κ2) is 8.72. The third-order valence-electron chi connectivity index (χ3n) is 4.20. The molecule has 23 heavy (non-hydrogen) atoms. The average molecular weight is 354 g/mol. The summed E-state index contributed by atoms with van der Waals surface area (Å²) in [6.45, 7) is 9.98. The van der Waals surface area contributed by atoms with E-state index in [4.69, 9.17) is 23.2 Å². The molecule has 0 fully saturated rings. The molecule has 0 saturated carbocycles. The largest absolute Gasteiger partial charge is 0.382 e. The van der Waals surface area contributed by atoms with E-state index in [1.807, 2.05) is 12.1 Å². The van der Waals surface area contributed by atoms with E-state index in [1.165, 1.54) is 6.42 Å². The monoisotopic (exact) mass is 353 g/mol. The van der Waals surface area contributed by atoms with Crippen molar-refractivity contribution in [1.82, 2.24) is 9.88 Å². The first-order chi connectivity index (χ1) is 11.1. The molecule has 1 N–H and O–H groups in total. The van der Waals surface area contributed by atoms with Crippen molar-refractivity contribution in [3.8, 4) is 0 Å². The van der Waals surface area contributed by atoms with Gasteiger partial charge in [0.25, 0.3) is 0 Å². The van der Waals surface area contributed by atoms with Gasteiger partial charge in [0.15, 0.2) is 0 Å². The number of halogens is 2. The SMILES string of the molecule is CCN(CC)CCCC(C)Nc1ccnc2c(Cl)ccc(Cl)c12. The third kappa shape index (κ3) is 4.72. The van der Waals surface area contributed by atoms with Gasteiger partial charge in [0.05, 0.1) is 15.6 Å². The normalized spacial score (nSPS) is 12.8. The van der Waals surface area contributed by atoms with Gasteiger partial charge in [0.2, 0.25) is 0 Å². The van der Waals surface area contributed by atoms with Crippen LogP contribution in [0.1, 0.15) is 33.6 Å². The van der Waals surface area contributed by atoms with Gasteiger partial charge in [-0.1, -0.05) is 37.0 Å². The van der Waals surface area contributed by atoms with Crippen LogP contribution in [0.3, 0.4) is 0 Å². The number of nitrogens with one attached hydrogen (secondary N) is 1. The minimum Gasteiger partial charge on any atom is -0.382 e. The Labute approximate surface area is 149 Å². The van der Waals surface area contributed by atoms with E-state index in [-0.39, 0.29) is 0 Å². The van der Waals surface area contributed by atoms with Crippen molar-refractivity contribution in [2.24, 2.45) is 0 Å². The number of hydrogen-bond acceptors (Lipinski definition) is 3. The Balaban J connectivity index is 2.05. The zero-order chi connectivity index (χ0) is 16.8. The van der Waals surface area contributed by atoms with Crippen LogP contribution in [0, 0.1) is 0 Å². The fraction of sp³-hybridized carbons (Fsp3) is 0.500. The summed E-state index contributed by atoms with van der Waals surface area (Å²) in [5.41, 5.74) is 1.75. The van der Waals surface area contributed by atoms with Gasteiger partial charge in [-0.3, -0.25) is 4.98 Å². The summed E-state index contributed by atoms with van der Waals surface area (Å²) in [5, 5.41) is 5.76. The van der Waals surface area contributed by atoms with Crippen molar-refractivity contribution in [1.29, 1.82) is 0 Å². The topological polar surface area (TPSA) is 28.2 Å². The Bertz CT molecular complexity index is 641. The van der Waals surface area contributed by atoms with Crippen molar-refractivity contribution < 1.29 is 0 Å². The first-order valence-corrected chi connectivity index (χ1v) is 9.04.